The third-order valence-electron chi connectivity index (χ3n) is 10.6. The molecule has 3 aliphatic carbocycles. The van der Waals surface area contributed by atoms with Gasteiger partial charge in [-0.15, -0.1) is 6.58 Å². The lowest BCUT2D eigenvalue weighted by atomic mass is 9.96. The summed E-state index contributed by atoms with van der Waals surface area (Å²) in [6, 6.07) is 5.80. The van der Waals surface area contributed by atoms with Crippen LogP contribution in [0.1, 0.15) is 69.8 Å². The van der Waals surface area contributed by atoms with Gasteiger partial charge in [-0.1, -0.05) is 43.2 Å². The van der Waals surface area contributed by atoms with Crippen LogP contribution in [0.3, 0.4) is 0 Å². The van der Waals surface area contributed by atoms with Crippen molar-refractivity contribution in [3.05, 3.63) is 54.8 Å². The summed E-state index contributed by atoms with van der Waals surface area (Å²) >= 11 is 0. The minimum Gasteiger partial charge on any atom is -0.472 e. The molecule has 5 aliphatic rings. The molecular weight excluding hydrogens is 662 g/mol. The van der Waals surface area contributed by atoms with Gasteiger partial charge in [0.05, 0.1) is 18.4 Å². The van der Waals surface area contributed by atoms with Crippen LogP contribution in [0.2, 0.25) is 0 Å². The predicted octanol–water partition coefficient (Wildman–Crippen LogP) is 3.34. The van der Waals surface area contributed by atoms with E-state index < -0.39 is 68.7 Å². The van der Waals surface area contributed by atoms with Gasteiger partial charge in [-0.2, -0.15) is 0 Å². The lowest BCUT2D eigenvalue weighted by molar-refractivity contribution is -0.142. The van der Waals surface area contributed by atoms with Crippen molar-refractivity contribution in [1.82, 2.24) is 25.2 Å². The van der Waals surface area contributed by atoms with E-state index in [0.29, 0.717) is 31.6 Å². The standard InChI is InChI=1S/C36H43N5O8S/c1-2-25-20-36(25,34(44)40-50(46,47)27-13-14-27)39-31(42)29-19-26-21-41(29)33(43)30(24-9-5-6-10-24)38-35(45)48-17-7-3-4-8-22-11-12-23-15-16-37-32(49-26)28(23)18-22/h2,4,8,11-12,15-16,18,24-27,29-30H,1,3,5-7,9-10,13-14,17,19-21H2,(H,38,45)(H,39,42)(H,40,44)/b8-4+/t25-,26-,29+,30+,36-/m1/s1. The van der Waals surface area contributed by atoms with E-state index >= 15 is 0 Å². The van der Waals surface area contributed by atoms with Crippen molar-refractivity contribution in [1.29, 1.82) is 0 Å². The molecule has 1 saturated heterocycles. The smallest absolute Gasteiger partial charge is 0.407 e. The Kier molecular flexibility index (Phi) is 9.31. The van der Waals surface area contributed by atoms with Crippen molar-refractivity contribution in [3.8, 4) is 5.88 Å². The number of amides is 4. The Morgan fingerprint density at radius 3 is 2.64 bits per heavy atom. The van der Waals surface area contributed by atoms with Gasteiger partial charge in [-0.3, -0.25) is 19.1 Å². The van der Waals surface area contributed by atoms with Gasteiger partial charge in [0, 0.05) is 23.9 Å². The second-order valence-electron chi connectivity index (χ2n) is 14.1. The number of pyridine rings is 1. The fourth-order valence-electron chi connectivity index (χ4n) is 7.51. The molecule has 13 nitrogen and oxygen atoms in total. The summed E-state index contributed by atoms with van der Waals surface area (Å²) in [6.45, 7) is 3.97. The topological polar surface area (TPSA) is 173 Å². The molecule has 0 unspecified atom stereocenters. The van der Waals surface area contributed by atoms with Gasteiger partial charge in [0.25, 0.3) is 5.91 Å². The lowest BCUT2D eigenvalue weighted by Crippen LogP contribution is -2.59. The normalized spacial score (nSPS) is 29.6. The largest absolute Gasteiger partial charge is 0.472 e. The maximum absolute atomic E-state index is 14.5. The number of carbonyl (C=O) groups excluding carboxylic acids is 4. The molecular formula is C36H43N5O8S. The molecule has 3 heterocycles. The number of alkyl carbamates (subject to hydrolysis) is 1. The van der Waals surface area contributed by atoms with Gasteiger partial charge in [0.1, 0.15) is 23.7 Å². The number of rotatable bonds is 7. The second kappa shape index (κ2) is 13.7. The first kappa shape index (κ1) is 34.0. The van der Waals surface area contributed by atoms with Crippen molar-refractivity contribution in [2.45, 2.75) is 93.2 Å². The molecule has 4 fully saturated rings. The van der Waals surface area contributed by atoms with Crippen LogP contribution in [0.4, 0.5) is 4.79 Å². The minimum atomic E-state index is -3.87. The van der Waals surface area contributed by atoms with Crippen LogP contribution in [-0.2, 0) is 29.1 Å². The number of aromatic nitrogens is 1. The van der Waals surface area contributed by atoms with Gasteiger partial charge in [0.15, 0.2) is 0 Å². The van der Waals surface area contributed by atoms with E-state index in [2.05, 4.69) is 26.9 Å². The Labute approximate surface area is 291 Å². The fourth-order valence-corrected chi connectivity index (χ4v) is 8.88. The van der Waals surface area contributed by atoms with Crippen molar-refractivity contribution in [3.63, 3.8) is 0 Å². The Bertz CT molecular complexity index is 1840. The fraction of sp³-hybridized carbons (Fsp3) is 0.528. The van der Waals surface area contributed by atoms with E-state index in [0.717, 1.165) is 42.0 Å². The molecule has 5 atom stereocenters. The van der Waals surface area contributed by atoms with Gasteiger partial charge < -0.3 is 25.0 Å². The monoisotopic (exact) mass is 705 g/mol. The van der Waals surface area contributed by atoms with Crippen molar-refractivity contribution in [2.24, 2.45) is 11.8 Å². The van der Waals surface area contributed by atoms with E-state index in [9.17, 15) is 27.6 Å². The maximum Gasteiger partial charge on any atom is 0.407 e. The highest BCUT2D eigenvalue weighted by Gasteiger charge is 2.62. The number of benzene rings is 1. The number of sulfonamides is 1. The van der Waals surface area contributed by atoms with E-state index in [-0.39, 0.29) is 31.9 Å². The quantitative estimate of drug-likeness (QED) is 0.365. The third kappa shape index (κ3) is 6.94. The van der Waals surface area contributed by atoms with Crippen LogP contribution < -0.4 is 20.1 Å². The van der Waals surface area contributed by atoms with E-state index in [4.69, 9.17) is 9.47 Å². The molecule has 1 aromatic carbocycles. The van der Waals surface area contributed by atoms with Crippen LogP contribution in [0.15, 0.2) is 49.2 Å². The number of allylic oxidation sites excluding steroid dienone is 1. The van der Waals surface area contributed by atoms with Crippen LogP contribution in [0, 0.1) is 11.8 Å². The molecule has 1 aromatic heterocycles. The van der Waals surface area contributed by atoms with Crippen molar-refractivity contribution >= 4 is 50.7 Å². The number of ether oxygens (including phenoxy) is 2. The third-order valence-corrected chi connectivity index (χ3v) is 12.4. The Balaban J connectivity index is 1.21. The van der Waals surface area contributed by atoms with Crippen LogP contribution >= 0.6 is 0 Å². The first-order valence-corrected chi connectivity index (χ1v) is 19.1. The Morgan fingerprint density at radius 1 is 1.10 bits per heavy atom. The number of fused-ring (bicyclic) bond motifs is 3. The zero-order valence-electron chi connectivity index (χ0n) is 27.8. The van der Waals surface area contributed by atoms with Gasteiger partial charge >= 0.3 is 6.09 Å². The minimum absolute atomic E-state index is 0.0225. The van der Waals surface area contributed by atoms with Crippen LogP contribution in [0.5, 0.6) is 5.88 Å². The SMILES string of the molecule is C=C[C@@H]1C[C@]1(NC(=O)[C@@H]1C[C@@H]2CN1C(=O)[C@H](C1CCCC1)NC(=O)OCCC/C=C/c1ccc3ccnc(c3c1)O2)C(=O)NS(=O)(=O)C1CC1. The highest BCUT2D eigenvalue weighted by Crippen LogP contribution is 2.45. The Morgan fingerprint density at radius 2 is 1.90 bits per heavy atom. The molecule has 4 bridgehead atoms. The number of hydrogen-bond donors (Lipinski definition) is 3. The number of nitrogens with one attached hydrogen (secondary N) is 3. The molecule has 7 rings (SSSR count). The highest BCUT2D eigenvalue weighted by molar-refractivity contribution is 7.91. The summed E-state index contributed by atoms with van der Waals surface area (Å²) in [5, 5.41) is 6.70. The average molecular weight is 706 g/mol. The lowest BCUT2D eigenvalue weighted by Gasteiger charge is -2.32. The number of cyclic esters (lactones) is 1. The molecule has 266 valence electrons. The maximum atomic E-state index is 14.5. The molecule has 3 N–H and O–H groups in total. The van der Waals surface area contributed by atoms with E-state index in [1.54, 1.807) is 6.20 Å². The summed E-state index contributed by atoms with van der Waals surface area (Å²) in [5.74, 6) is -2.16. The molecule has 2 aromatic rings. The van der Waals surface area contributed by atoms with Gasteiger partial charge in [-0.25, -0.2) is 18.2 Å². The molecule has 2 aliphatic heterocycles. The Hall–Kier alpha value is -4.46. The van der Waals surface area contributed by atoms with Gasteiger partial charge in [-0.05, 0) is 73.9 Å². The summed E-state index contributed by atoms with van der Waals surface area (Å²) in [7, 11) is -3.87. The zero-order chi connectivity index (χ0) is 35.0. The summed E-state index contributed by atoms with van der Waals surface area (Å²) < 4.78 is 39.5. The van der Waals surface area contributed by atoms with E-state index in [1.165, 1.54) is 11.0 Å². The van der Waals surface area contributed by atoms with Gasteiger partial charge in [0.2, 0.25) is 27.7 Å². The molecule has 50 heavy (non-hydrogen) atoms. The molecule has 0 radical (unpaired) electrons. The molecule has 4 amide bonds. The van der Waals surface area contributed by atoms with Crippen molar-refractivity contribution < 1.29 is 37.1 Å². The molecule has 14 heteroatoms. The van der Waals surface area contributed by atoms with Crippen molar-refractivity contribution in [2.75, 3.05) is 13.2 Å². The molecule has 0 spiro atoms. The van der Waals surface area contributed by atoms with Crippen LogP contribution in [-0.4, -0.2) is 84.2 Å². The number of nitrogens with zero attached hydrogens (tertiary/aromatic N) is 2. The summed E-state index contributed by atoms with van der Waals surface area (Å²) in [5.41, 5.74) is -0.585. The average Bonchev–Trinajstić information content (AvgIpc) is 3.97. The number of hydrogen-bond acceptors (Lipinski definition) is 9. The first-order chi connectivity index (χ1) is 24.1. The molecule has 3 saturated carbocycles. The summed E-state index contributed by atoms with van der Waals surface area (Å²) in [6.07, 6.45) is 11.6. The summed E-state index contributed by atoms with van der Waals surface area (Å²) in [4.78, 5) is 61.1. The first-order valence-electron chi connectivity index (χ1n) is 17.5. The second-order valence-corrected chi connectivity index (χ2v) is 16.1. The number of carbonyl (C=O) groups is 4. The zero-order valence-corrected chi connectivity index (χ0v) is 28.7. The predicted molar refractivity (Wildman–Crippen MR) is 184 cm³/mol. The van der Waals surface area contributed by atoms with Crippen LogP contribution in [0.25, 0.3) is 16.8 Å². The van der Waals surface area contributed by atoms with E-state index in [1.807, 2.05) is 36.4 Å². The highest BCUT2D eigenvalue weighted by atomic mass is 32.2.